The Hall–Kier alpha value is -1.12. The smallest absolute Gasteiger partial charge is 0.303 e. The molecule has 1 rings (SSSR count). The fraction of sp³-hybridized carbons (Fsp3) is 0.667. The van der Waals surface area contributed by atoms with Gasteiger partial charge in [-0.05, 0) is 25.5 Å². The van der Waals surface area contributed by atoms with Crippen molar-refractivity contribution in [2.45, 2.75) is 45.6 Å². The van der Waals surface area contributed by atoms with Crippen molar-refractivity contribution in [1.82, 2.24) is 0 Å². The zero-order valence-electron chi connectivity index (χ0n) is 9.58. The molecule has 2 unspecified atom stereocenters. The van der Waals surface area contributed by atoms with Crippen LogP contribution in [0.4, 0.5) is 0 Å². The highest BCUT2D eigenvalue weighted by molar-refractivity contribution is 5.96. The van der Waals surface area contributed by atoms with Crippen LogP contribution in [0.15, 0.2) is 12.2 Å². The van der Waals surface area contributed by atoms with Gasteiger partial charge in [-0.1, -0.05) is 19.8 Å². The lowest BCUT2D eigenvalue weighted by atomic mass is 9.87. The van der Waals surface area contributed by atoms with Gasteiger partial charge in [-0.15, -0.1) is 0 Å². The number of allylic oxidation sites excluding steroid dienone is 1. The summed E-state index contributed by atoms with van der Waals surface area (Å²) in [7, 11) is 0. The van der Waals surface area contributed by atoms with Crippen LogP contribution in [-0.4, -0.2) is 17.4 Å². The van der Waals surface area contributed by atoms with E-state index in [2.05, 4.69) is 6.92 Å². The minimum Gasteiger partial charge on any atom is -0.455 e. The summed E-state index contributed by atoms with van der Waals surface area (Å²) in [5.74, 6) is -0.452. The van der Waals surface area contributed by atoms with Crippen LogP contribution in [0.1, 0.15) is 40.0 Å². The van der Waals surface area contributed by atoms with Gasteiger partial charge < -0.3 is 4.74 Å². The summed E-state index contributed by atoms with van der Waals surface area (Å²) in [6.07, 6.45) is 6.04. The van der Waals surface area contributed by atoms with Gasteiger partial charge in [0.25, 0.3) is 0 Å². The Balaban J connectivity index is 2.73. The van der Waals surface area contributed by atoms with Crippen LogP contribution in [0.3, 0.4) is 0 Å². The fourth-order valence-electron chi connectivity index (χ4n) is 2.01. The minimum atomic E-state index is -0.724. The Morgan fingerprint density at radius 1 is 1.60 bits per heavy atom. The van der Waals surface area contributed by atoms with E-state index >= 15 is 0 Å². The van der Waals surface area contributed by atoms with Gasteiger partial charge in [-0.25, -0.2) is 0 Å². The monoisotopic (exact) mass is 210 g/mol. The maximum Gasteiger partial charge on any atom is 0.303 e. The number of hydrogen-bond acceptors (Lipinski definition) is 3. The van der Waals surface area contributed by atoms with Crippen LogP contribution >= 0.6 is 0 Å². The summed E-state index contributed by atoms with van der Waals surface area (Å²) in [4.78, 5) is 22.6. The summed E-state index contributed by atoms with van der Waals surface area (Å²) in [5, 5.41) is 0. The van der Waals surface area contributed by atoms with Crippen molar-refractivity contribution in [3.8, 4) is 0 Å². The molecule has 15 heavy (non-hydrogen) atoms. The van der Waals surface area contributed by atoms with Crippen molar-refractivity contribution in [2.75, 3.05) is 0 Å². The van der Waals surface area contributed by atoms with Crippen molar-refractivity contribution in [3.05, 3.63) is 12.2 Å². The summed E-state index contributed by atoms with van der Waals surface area (Å²) < 4.78 is 5.23. The van der Waals surface area contributed by atoms with Crippen LogP contribution in [0.2, 0.25) is 0 Å². The number of ether oxygens (including phenoxy) is 1. The van der Waals surface area contributed by atoms with Crippen LogP contribution in [-0.2, 0) is 14.3 Å². The number of ketones is 1. The normalized spacial score (nSPS) is 29.5. The van der Waals surface area contributed by atoms with Crippen LogP contribution in [0, 0.1) is 5.92 Å². The lowest BCUT2D eigenvalue weighted by Gasteiger charge is -2.29. The Labute approximate surface area is 90.5 Å². The van der Waals surface area contributed by atoms with E-state index in [0.29, 0.717) is 0 Å². The van der Waals surface area contributed by atoms with Crippen molar-refractivity contribution < 1.29 is 14.3 Å². The van der Waals surface area contributed by atoms with Crippen LogP contribution < -0.4 is 0 Å². The molecule has 0 aromatic carbocycles. The molecule has 0 saturated carbocycles. The quantitative estimate of drug-likeness (QED) is 0.668. The number of rotatable bonds is 4. The summed E-state index contributed by atoms with van der Waals surface area (Å²) in [5.41, 5.74) is -0.724. The van der Waals surface area contributed by atoms with Gasteiger partial charge in [0.05, 0.1) is 5.92 Å². The Morgan fingerprint density at radius 2 is 2.27 bits per heavy atom. The zero-order valence-corrected chi connectivity index (χ0v) is 9.58. The number of esters is 1. The third-order valence-corrected chi connectivity index (χ3v) is 2.82. The molecule has 0 bridgehead atoms. The van der Waals surface area contributed by atoms with Gasteiger partial charge >= 0.3 is 5.97 Å². The van der Waals surface area contributed by atoms with E-state index in [1.165, 1.54) is 13.0 Å². The zero-order chi connectivity index (χ0) is 11.5. The molecule has 0 aliphatic heterocycles. The molecule has 0 aromatic rings. The highest BCUT2D eigenvalue weighted by Gasteiger charge is 2.42. The van der Waals surface area contributed by atoms with Gasteiger partial charge in [0.1, 0.15) is 5.60 Å². The van der Waals surface area contributed by atoms with E-state index in [-0.39, 0.29) is 17.7 Å². The number of carbonyl (C=O) groups is 2. The first-order valence-electron chi connectivity index (χ1n) is 5.42. The molecule has 0 saturated heterocycles. The Bertz CT molecular complexity index is 293. The molecule has 0 spiro atoms. The van der Waals surface area contributed by atoms with Crippen molar-refractivity contribution >= 4 is 11.8 Å². The largest absolute Gasteiger partial charge is 0.455 e. The average Bonchev–Trinajstić information content (AvgIpc) is 2.39. The second-order valence-electron chi connectivity index (χ2n) is 4.21. The third kappa shape index (κ3) is 2.67. The Kier molecular flexibility index (Phi) is 3.66. The molecule has 0 aromatic heterocycles. The predicted molar refractivity (Wildman–Crippen MR) is 57.3 cm³/mol. The average molecular weight is 210 g/mol. The van der Waals surface area contributed by atoms with Gasteiger partial charge in [-0.3, -0.25) is 9.59 Å². The lowest BCUT2D eigenvalue weighted by Crippen LogP contribution is -2.37. The standard InChI is InChI=1S/C12H18O3/c1-4-5-6-10-11(14)7-8-12(10,3)15-9(2)13/h7-8,10H,4-6H2,1-3H3. The first-order valence-corrected chi connectivity index (χ1v) is 5.42. The lowest BCUT2D eigenvalue weighted by molar-refractivity contribution is -0.155. The predicted octanol–water partition coefficient (Wildman–Crippen LogP) is 2.25. The molecule has 1 aliphatic rings. The SMILES string of the molecule is CCCCC1C(=O)C=CC1(C)OC(C)=O. The molecular weight excluding hydrogens is 192 g/mol. The van der Waals surface area contributed by atoms with Gasteiger partial charge in [0.15, 0.2) is 5.78 Å². The van der Waals surface area contributed by atoms with Crippen molar-refractivity contribution in [1.29, 1.82) is 0 Å². The van der Waals surface area contributed by atoms with Crippen LogP contribution in [0.5, 0.6) is 0 Å². The fourth-order valence-corrected chi connectivity index (χ4v) is 2.01. The second-order valence-corrected chi connectivity index (χ2v) is 4.21. The first-order chi connectivity index (χ1) is 6.99. The third-order valence-electron chi connectivity index (χ3n) is 2.82. The van der Waals surface area contributed by atoms with Crippen molar-refractivity contribution in [3.63, 3.8) is 0 Å². The minimum absolute atomic E-state index is 0.0761. The van der Waals surface area contributed by atoms with Gasteiger partial charge in [0, 0.05) is 6.92 Å². The topological polar surface area (TPSA) is 43.4 Å². The molecule has 0 fully saturated rings. The van der Waals surface area contributed by atoms with E-state index in [9.17, 15) is 9.59 Å². The van der Waals surface area contributed by atoms with Crippen LogP contribution in [0.25, 0.3) is 0 Å². The van der Waals surface area contributed by atoms with Gasteiger partial charge in [0.2, 0.25) is 0 Å². The van der Waals surface area contributed by atoms with E-state index < -0.39 is 5.60 Å². The molecule has 3 nitrogen and oxygen atoms in total. The molecule has 0 radical (unpaired) electrons. The number of carbonyl (C=O) groups excluding carboxylic acids is 2. The Morgan fingerprint density at radius 3 is 2.80 bits per heavy atom. The van der Waals surface area contributed by atoms with Crippen molar-refractivity contribution in [2.24, 2.45) is 5.92 Å². The number of hydrogen-bond donors (Lipinski definition) is 0. The second kappa shape index (κ2) is 4.60. The van der Waals surface area contributed by atoms with E-state index in [1.54, 1.807) is 13.0 Å². The van der Waals surface area contributed by atoms with E-state index in [4.69, 9.17) is 4.74 Å². The number of unbranched alkanes of at least 4 members (excludes halogenated alkanes) is 1. The molecule has 84 valence electrons. The maximum atomic E-state index is 11.6. The summed E-state index contributed by atoms with van der Waals surface area (Å²) >= 11 is 0. The molecule has 3 heteroatoms. The van der Waals surface area contributed by atoms with E-state index in [1.807, 2.05) is 0 Å². The highest BCUT2D eigenvalue weighted by Crippen LogP contribution is 2.34. The summed E-state index contributed by atoms with van der Waals surface area (Å²) in [6.45, 7) is 5.25. The molecule has 0 N–H and O–H groups in total. The molecule has 2 atom stereocenters. The van der Waals surface area contributed by atoms with E-state index in [0.717, 1.165) is 19.3 Å². The molecule has 1 aliphatic carbocycles. The highest BCUT2D eigenvalue weighted by atomic mass is 16.6. The maximum absolute atomic E-state index is 11.6. The van der Waals surface area contributed by atoms with Gasteiger partial charge in [-0.2, -0.15) is 0 Å². The molecule has 0 amide bonds. The summed E-state index contributed by atoms with van der Waals surface area (Å²) in [6, 6.07) is 0. The first kappa shape index (κ1) is 12.0. The molecular formula is C12H18O3. The molecule has 0 heterocycles.